The third-order valence-electron chi connectivity index (χ3n) is 4.75. The van der Waals surface area contributed by atoms with Crippen molar-refractivity contribution in [2.45, 2.75) is 38.5 Å². The summed E-state index contributed by atoms with van der Waals surface area (Å²) in [4.78, 5) is 14.7. The monoisotopic (exact) mass is 269 g/mol. The molecular formula is C18H23NO. The molecule has 0 saturated carbocycles. The third kappa shape index (κ3) is 2.65. The topological polar surface area (TPSA) is 20.3 Å². The Morgan fingerprint density at radius 2 is 2.05 bits per heavy atom. The molecule has 2 atom stereocenters. The highest BCUT2D eigenvalue weighted by atomic mass is 16.2. The zero-order valence-corrected chi connectivity index (χ0v) is 12.2. The first-order valence-corrected chi connectivity index (χ1v) is 7.75. The SMILES string of the molecule is Cc1ccccc1[C@H]1CCN(C(=O)[C@H]2CC=CCC2)C1. The molecule has 0 N–H and O–H groups in total. The molecule has 1 amide bonds. The van der Waals surface area contributed by atoms with Gasteiger partial charge in [-0.25, -0.2) is 0 Å². The van der Waals surface area contributed by atoms with Crippen LogP contribution in [0.3, 0.4) is 0 Å². The largest absolute Gasteiger partial charge is 0.342 e. The Morgan fingerprint density at radius 1 is 1.20 bits per heavy atom. The highest BCUT2D eigenvalue weighted by molar-refractivity contribution is 5.79. The highest BCUT2D eigenvalue weighted by Gasteiger charge is 2.31. The Balaban J connectivity index is 1.66. The number of benzene rings is 1. The summed E-state index contributed by atoms with van der Waals surface area (Å²) in [7, 11) is 0. The molecule has 1 heterocycles. The Kier molecular flexibility index (Phi) is 3.90. The molecule has 106 valence electrons. The first kappa shape index (κ1) is 13.4. The maximum Gasteiger partial charge on any atom is 0.226 e. The van der Waals surface area contributed by atoms with Gasteiger partial charge in [-0.05, 0) is 43.7 Å². The van der Waals surface area contributed by atoms with Gasteiger partial charge < -0.3 is 4.90 Å². The number of carbonyl (C=O) groups is 1. The second kappa shape index (κ2) is 5.82. The molecule has 0 aromatic heterocycles. The molecule has 20 heavy (non-hydrogen) atoms. The van der Waals surface area contributed by atoms with E-state index in [4.69, 9.17) is 0 Å². The molecule has 2 nitrogen and oxygen atoms in total. The number of amides is 1. The smallest absolute Gasteiger partial charge is 0.226 e. The number of rotatable bonds is 2. The normalized spacial score (nSPS) is 25.9. The maximum absolute atomic E-state index is 12.6. The zero-order valence-electron chi connectivity index (χ0n) is 12.2. The van der Waals surface area contributed by atoms with Crippen molar-refractivity contribution in [1.82, 2.24) is 4.90 Å². The number of hydrogen-bond acceptors (Lipinski definition) is 1. The second-order valence-corrected chi connectivity index (χ2v) is 6.11. The maximum atomic E-state index is 12.6. The van der Waals surface area contributed by atoms with E-state index in [1.165, 1.54) is 11.1 Å². The van der Waals surface area contributed by atoms with Crippen LogP contribution in [0, 0.1) is 12.8 Å². The van der Waals surface area contributed by atoms with Crippen molar-refractivity contribution >= 4 is 5.91 Å². The van der Waals surface area contributed by atoms with Crippen LogP contribution in [0.4, 0.5) is 0 Å². The minimum atomic E-state index is 0.232. The lowest BCUT2D eigenvalue weighted by molar-refractivity contribution is -0.134. The van der Waals surface area contributed by atoms with Crippen LogP contribution < -0.4 is 0 Å². The molecule has 1 fully saturated rings. The molecule has 1 saturated heterocycles. The summed E-state index contributed by atoms with van der Waals surface area (Å²) in [6.45, 7) is 4.01. The van der Waals surface area contributed by atoms with Gasteiger partial charge in [0.25, 0.3) is 0 Å². The van der Waals surface area contributed by atoms with Crippen molar-refractivity contribution < 1.29 is 4.79 Å². The number of aryl methyl sites for hydroxylation is 1. The molecule has 0 spiro atoms. The van der Waals surface area contributed by atoms with Gasteiger partial charge in [0.05, 0.1) is 0 Å². The zero-order chi connectivity index (χ0) is 13.9. The fourth-order valence-electron chi connectivity index (χ4n) is 3.54. The van der Waals surface area contributed by atoms with Crippen molar-refractivity contribution in [3.8, 4) is 0 Å². The Bertz CT molecular complexity index is 520. The number of allylic oxidation sites excluding steroid dienone is 2. The summed E-state index contributed by atoms with van der Waals surface area (Å²) >= 11 is 0. The fourth-order valence-corrected chi connectivity index (χ4v) is 3.54. The molecule has 2 heteroatoms. The molecular weight excluding hydrogens is 246 g/mol. The standard InChI is InChI=1S/C18H23NO/c1-14-7-5-6-10-17(14)16-11-12-19(13-16)18(20)15-8-3-2-4-9-15/h2-3,5-7,10,15-16H,4,8-9,11-13H2,1H3/t15-,16-/m0/s1. The predicted octanol–water partition coefficient (Wildman–Crippen LogP) is 3.67. The molecule has 2 aliphatic rings. The Labute approximate surface area is 121 Å². The first-order valence-electron chi connectivity index (χ1n) is 7.75. The molecule has 1 aliphatic carbocycles. The third-order valence-corrected chi connectivity index (χ3v) is 4.75. The van der Waals surface area contributed by atoms with E-state index >= 15 is 0 Å². The van der Waals surface area contributed by atoms with Crippen molar-refractivity contribution in [3.05, 3.63) is 47.5 Å². The van der Waals surface area contributed by atoms with Crippen LogP contribution in [0.25, 0.3) is 0 Å². The van der Waals surface area contributed by atoms with Gasteiger partial charge in [-0.2, -0.15) is 0 Å². The van der Waals surface area contributed by atoms with Crippen molar-refractivity contribution in [2.75, 3.05) is 13.1 Å². The number of carbonyl (C=O) groups excluding carboxylic acids is 1. The van der Waals surface area contributed by atoms with Crippen LogP contribution in [0.5, 0.6) is 0 Å². The van der Waals surface area contributed by atoms with E-state index in [2.05, 4.69) is 48.2 Å². The van der Waals surface area contributed by atoms with Crippen molar-refractivity contribution in [1.29, 1.82) is 0 Å². The van der Waals surface area contributed by atoms with Gasteiger partial charge in [-0.1, -0.05) is 36.4 Å². The summed E-state index contributed by atoms with van der Waals surface area (Å²) < 4.78 is 0. The van der Waals surface area contributed by atoms with Crippen LogP contribution in [0.15, 0.2) is 36.4 Å². The van der Waals surface area contributed by atoms with Gasteiger partial charge in [0.2, 0.25) is 5.91 Å². The molecule has 0 bridgehead atoms. The van der Waals surface area contributed by atoms with E-state index in [0.717, 1.165) is 38.8 Å². The molecule has 1 aromatic rings. The molecule has 0 radical (unpaired) electrons. The van der Waals surface area contributed by atoms with E-state index in [-0.39, 0.29) is 5.92 Å². The Hall–Kier alpha value is -1.57. The quantitative estimate of drug-likeness (QED) is 0.750. The van der Waals surface area contributed by atoms with Crippen molar-refractivity contribution in [3.63, 3.8) is 0 Å². The second-order valence-electron chi connectivity index (χ2n) is 6.11. The first-order chi connectivity index (χ1) is 9.75. The van der Waals surface area contributed by atoms with Gasteiger partial charge >= 0.3 is 0 Å². The van der Waals surface area contributed by atoms with Crippen LogP contribution in [-0.4, -0.2) is 23.9 Å². The van der Waals surface area contributed by atoms with Gasteiger partial charge in [0, 0.05) is 24.9 Å². The van der Waals surface area contributed by atoms with E-state index in [0.29, 0.717) is 11.8 Å². The van der Waals surface area contributed by atoms with Gasteiger partial charge in [-0.3, -0.25) is 4.79 Å². The minimum Gasteiger partial charge on any atom is -0.342 e. The van der Waals surface area contributed by atoms with Crippen LogP contribution in [-0.2, 0) is 4.79 Å². The Morgan fingerprint density at radius 3 is 2.80 bits per heavy atom. The van der Waals surface area contributed by atoms with E-state index in [9.17, 15) is 4.79 Å². The number of likely N-dealkylation sites (tertiary alicyclic amines) is 1. The van der Waals surface area contributed by atoms with E-state index in [1.54, 1.807) is 0 Å². The molecule has 1 aliphatic heterocycles. The highest BCUT2D eigenvalue weighted by Crippen LogP contribution is 2.31. The average Bonchev–Trinajstić information content (AvgIpc) is 2.97. The van der Waals surface area contributed by atoms with Crippen LogP contribution in [0.2, 0.25) is 0 Å². The average molecular weight is 269 g/mol. The van der Waals surface area contributed by atoms with Gasteiger partial charge in [0.15, 0.2) is 0 Å². The lowest BCUT2D eigenvalue weighted by atomic mass is 9.92. The number of hydrogen-bond donors (Lipinski definition) is 0. The lowest BCUT2D eigenvalue weighted by Crippen LogP contribution is -2.34. The summed E-state index contributed by atoms with van der Waals surface area (Å²) in [6, 6.07) is 8.59. The van der Waals surface area contributed by atoms with Gasteiger partial charge in [-0.15, -0.1) is 0 Å². The summed E-state index contributed by atoms with van der Waals surface area (Å²) in [6.07, 6.45) is 8.50. The lowest BCUT2D eigenvalue weighted by Gasteiger charge is -2.24. The summed E-state index contributed by atoms with van der Waals surface area (Å²) in [5, 5.41) is 0. The van der Waals surface area contributed by atoms with Crippen molar-refractivity contribution in [2.24, 2.45) is 5.92 Å². The molecule has 0 unspecified atom stereocenters. The predicted molar refractivity (Wildman–Crippen MR) is 81.6 cm³/mol. The summed E-state index contributed by atoms with van der Waals surface area (Å²) in [5.41, 5.74) is 2.78. The molecule has 1 aromatic carbocycles. The van der Waals surface area contributed by atoms with E-state index in [1.807, 2.05) is 0 Å². The van der Waals surface area contributed by atoms with Gasteiger partial charge in [0.1, 0.15) is 0 Å². The fraction of sp³-hybridized carbons (Fsp3) is 0.500. The minimum absolute atomic E-state index is 0.232. The van der Waals surface area contributed by atoms with Crippen LogP contribution in [0.1, 0.15) is 42.7 Å². The molecule has 3 rings (SSSR count). The van der Waals surface area contributed by atoms with E-state index < -0.39 is 0 Å². The summed E-state index contributed by atoms with van der Waals surface area (Å²) in [5.74, 6) is 1.14. The number of nitrogens with zero attached hydrogens (tertiary/aromatic N) is 1. The van der Waals surface area contributed by atoms with Crippen LogP contribution >= 0.6 is 0 Å².